The van der Waals surface area contributed by atoms with Crippen LogP contribution in [0.2, 0.25) is 0 Å². The Hall–Kier alpha value is -0.920. The number of imidazole rings is 1. The van der Waals surface area contributed by atoms with Crippen molar-refractivity contribution in [2.75, 3.05) is 13.6 Å². The van der Waals surface area contributed by atoms with Crippen molar-refractivity contribution in [2.45, 2.75) is 56.5 Å². The Morgan fingerprint density at radius 1 is 1.48 bits per heavy atom. The molecule has 1 heterocycles. The molecule has 0 aromatic carbocycles. The van der Waals surface area contributed by atoms with E-state index in [-0.39, 0.29) is 5.03 Å². The maximum Gasteiger partial charge on any atom is 0.260 e. The summed E-state index contributed by atoms with van der Waals surface area (Å²) in [6.07, 6.45) is 5.74. The fourth-order valence-electron chi connectivity index (χ4n) is 3.00. The Morgan fingerprint density at radius 3 is 2.57 bits per heavy atom. The van der Waals surface area contributed by atoms with Crippen molar-refractivity contribution in [2.24, 2.45) is 11.7 Å². The van der Waals surface area contributed by atoms with Gasteiger partial charge < -0.3 is 10.7 Å². The molecule has 1 fully saturated rings. The topological polar surface area (TPSA) is 92.1 Å². The third kappa shape index (κ3) is 3.00. The van der Waals surface area contributed by atoms with Crippen LogP contribution >= 0.6 is 0 Å². The first-order valence-corrected chi connectivity index (χ1v) is 9.02. The highest BCUT2D eigenvalue weighted by Gasteiger charge is 2.43. The van der Waals surface area contributed by atoms with Gasteiger partial charge in [-0.1, -0.05) is 13.8 Å². The average molecular weight is 314 g/mol. The molecule has 1 aliphatic carbocycles. The van der Waals surface area contributed by atoms with Crippen LogP contribution in [0.5, 0.6) is 0 Å². The molecule has 0 bridgehead atoms. The zero-order valence-corrected chi connectivity index (χ0v) is 13.9. The van der Waals surface area contributed by atoms with Crippen LogP contribution in [0, 0.1) is 5.92 Å². The van der Waals surface area contributed by atoms with Crippen LogP contribution in [0.25, 0.3) is 0 Å². The van der Waals surface area contributed by atoms with E-state index in [9.17, 15) is 8.42 Å². The predicted octanol–water partition coefficient (Wildman–Crippen LogP) is 1.50. The lowest BCUT2D eigenvalue weighted by molar-refractivity contribution is 0.135. The Kier molecular flexibility index (Phi) is 4.75. The summed E-state index contributed by atoms with van der Waals surface area (Å²) in [5, 5.41) is 0.160. The van der Waals surface area contributed by atoms with E-state index in [4.69, 9.17) is 5.73 Å². The lowest BCUT2D eigenvalue weighted by Gasteiger charge is -2.44. The number of hydrogen-bond donors (Lipinski definition) is 2. The number of aryl methyl sites for hydroxylation is 1. The van der Waals surface area contributed by atoms with Crippen LogP contribution in [0.15, 0.2) is 11.2 Å². The van der Waals surface area contributed by atoms with Gasteiger partial charge in [0.15, 0.2) is 5.03 Å². The van der Waals surface area contributed by atoms with Gasteiger partial charge in [-0.05, 0) is 31.6 Å². The van der Waals surface area contributed by atoms with Crippen molar-refractivity contribution in [1.82, 2.24) is 14.3 Å². The first-order chi connectivity index (χ1) is 9.85. The quantitative estimate of drug-likeness (QED) is 0.861. The van der Waals surface area contributed by atoms with Crippen LogP contribution in [0.1, 0.15) is 45.4 Å². The maximum absolute atomic E-state index is 12.8. The van der Waals surface area contributed by atoms with Gasteiger partial charge in [-0.2, -0.15) is 4.31 Å². The van der Waals surface area contributed by atoms with E-state index in [1.807, 2.05) is 6.92 Å². The Labute approximate surface area is 127 Å². The van der Waals surface area contributed by atoms with Crippen molar-refractivity contribution in [3.05, 3.63) is 12.0 Å². The van der Waals surface area contributed by atoms with Crippen LogP contribution in [0.4, 0.5) is 0 Å². The smallest absolute Gasteiger partial charge is 0.260 e. The van der Waals surface area contributed by atoms with Crippen LogP contribution in [0.3, 0.4) is 0 Å². The summed E-state index contributed by atoms with van der Waals surface area (Å²) in [7, 11) is -1.94. The van der Waals surface area contributed by atoms with Crippen molar-refractivity contribution >= 4 is 10.0 Å². The van der Waals surface area contributed by atoms with Crippen molar-refractivity contribution in [3.63, 3.8) is 0 Å². The molecule has 1 aromatic rings. The summed E-state index contributed by atoms with van der Waals surface area (Å²) < 4.78 is 27.1. The van der Waals surface area contributed by atoms with Gasteiger partial charge in [-0.25, -0.2) is 13.4 Å². The first-order valence-electron chi connectivity index (χ1n) is 7.58. The number of nitrogens with one attached hydrogen (secondary N) is 1. The molecule has 1 saturated carbocycles. The Balaban J connectivity index is 2.29. The van der Waals surface area contributed by atoms with E-state index < -0.39 is 15.6 Å². The molecule has 0 saturated heterocycles. The minimum Gasteiger partial charge on any atom is -0.332 e. The first kappa shape index (κ1) is 16.5. The largest absolute Gasteiger partial charge is 0.332 e. The highest BCUT2D eigenvalue weighted by Crippen LogP contribution is 2.37. The number of rotatable bonds is 5. The molecule has 120 valence electrons. The monoisotopic (exact) mass is 314 g/mol. The number of sulfonamides is 1. The molecule has 0 radical (unpaired) electrons. The molecule has 3 N–H and O–H groups in total. The van der Waals surface area contributed by atoms with Gasteiger partial charge in [0.25, 0.3) is 10.0 Å². The third-order valence-electron chi connectivity index (χ3n) is 4.83. The lowest BCUT2D eigenvalue weighted by atomic mass is 9.77. The molecule has 21 heavy (non-hydrogen) atoms. The van der Waals surface area contributed by atoms with E-state index in [0.29, 0.717) is 24.7 Å². The molecule has 6 nitrogen and oxygen atoms in total. The average Bonchev–Trinajstić information content (AvgIpc) is 2.97. The molecule has 0 unspecified atom stereocenters. The lowest BCUT2D eigenvalue weighted by Crippen LogP contribution is -2.56. The highest BCUT2D eigenvalue weighted by atomic mass is 32.2. The highest BCUT2D eigenvalue weighted by molar-refractivity contribution is 7.89. The molecule has 0 aliphatic heterocycles. The molecule has 0 amide bonds. The number of hydrogen-bond acceptors (Lipinski definition) is 4. The number of likely N-dealkylation sites (N-methyl/N-ethyl adjacent to an activating group) is 1. The van der Waals surface area contributed by atoms with E-state index in [1.165, 1.54) is 10.5 Å². The standard InChI is InChI=1S/C14H26N4O2S/c1-4-12-16-9-13(17-12)21(19,20)18(3)14(10-15)7-5-11(2)6-8-14/h9,11H,4-8,10,15H2,1-3H3,(H,16,17). The number of aromatic nitrogens is 2. The second-order valence-electron chi connectivity index (χ2n) is 6.13. The molecule has 2 rings (SSSR count). The van der Waals surface area contributed by atoms with Gasteiger partial charge in [-0.15, -0.1) is 0 Å². The van der Waals surface area contributed by atoms with Gasteiger partial charge in [0.2, 0.25) is 0 Å². The minimum absolute atomic E-state index is 0.160. The molecule has 0 spiro atoms. The van der Waals surface area contributed by atoms with Crippen molar-refractivity contribution in [1.29, 1.82) is 0 Å². The maximum atomic E-state index is 12.8. The molecule has 7 heteroatoms. The van der Waals surface area contributed by atoms with Crippen LogP contribution in [-0.2, 0) is 16.4 Å². The summed E-state index contributed by atoms with van der Waals surface area (Å²) in [5.74, 6) is 1.32. The number of H-pyrrole nitrogens is 1. The zero-order chi connectivity index (χ0) is 15.7. The minimum atomic E-state index is -3.58. The van der Waals surface area contributed by atoms with Gasteiger partial charge >= 0.3 is 0 Å². The van der Waals surface area contributed by atoms with E-state index >= 15 is 0 Å². The van der Waals surface area contributed by atoms with Gasteiger partial charge in [0.05, 0.1) is 6.20 Å². The third-order valence-corrected chi connectivity index (χ3v) is 6.70. The molecule has 0 atom stereocenters. The summed E-state index contributed by atoms with van der Waals surface area (Å²) >= 11 is 0. The second kappa shape index (κ2) is 6.06. The molecular formula is C14H26N4O2S. The molecular weight excluding hydrogens is 288 g/mol. The van der Waals surface area contributed by atoms with E-state index in [1.54, 1.807) is 7.05 Å². The van der Waals surface area contributed by atoms with Crippen LogP contribution < -0.4 is 5.73 Å². The van der Waals surface area contributed by atoms with Crippen molar-refractivity contribution in [3.8, 4) is 0 Å². The van der Waals surface area contributed by atoms with Crippen molar-refractivity contribution < 1.29 is 8.42 Å². The van der Waals surface area contributed by atoms with E-state index in [0.717, 1.165) is 25.7 Å². The SMILES string of the molecule is CCc1ncc(S(=O)(=O)N(C)C2(CN)CCC(C)CC2)[nH]1. The molecule has 1 aliphatic rings. The number of nitrogens with two attached hydrogens (primary N) is 1. The predicted molar refractivity (Wildman–Crippen MR) is 82.3 cm³/mol. The van der Waals surface area contributed by atoms with Gasteiger partial charge in [0.1, 0.15) is 5.82 Å². The number of nitrogens with zero attached hydrogens (tertiary/aromatic N) is 2. The summed E-state index contributed by atoms with van der Waals surface area (Å²) in [4.78, 5) is 6.99. The zero-order valence-electron chi connectivity index (χ0n) is 13.1. The summed E-state index contributed by atoms with van der Waals surface area (Å²) in [6, 6.07) is 0. The van der Waals surface area contributed by atoms with Gasteiger partial charge in [0, 0.05) is 25.6 Å². The number of aromatic amines is 1. The summed E-state index contributed by atoms with van der Waals surface area (Å²) in [6.45, 7) is 4.49. The van der Waals surface area contributed by atoms with Crippen LogP contribution in [-0.4, -0.2) is 41.8 Å². The second-order valence-corrected chi connectivity index (χ2v) is 8.07. The molecule has 1 aromatic heterocycles. The van der Waals surface area contributed by atoms with E-state index in [2.05, 4.69) is 16.9 Å². The summed E-state index contributed by atoms with van der Waals surface area (Å²) in [5.41, 5.74) is 5.49. The Bertz CT molecular complexity index is 574. The van der Waals surface area contributed by atoms with Gasteiger partial charge in [-0.3, -0.25) is 0 Å². The fraction of sp³-hybridized carbons (Fsp3) is 0.786. The Morgan fingerprint density at radius 2 is 2.10 bits per heavy atom. The normalized spacial score (nSPS) is 27.2. The fourth-order valence-corrected chi connectivity index (χ4v) is 4.50.